The summed E-state index contributed by atoms with van der Waals surface area (Å²) in [5.74, 6) is -2.21. The van der Waals surface area contributed by atoms with E-state index in [-0.39, 0.29) is 41.2 Å². The van der Waals surface area contributed by atoms with Gasteiger partial charge in [0.05, 0.1) is 24.0 Å². The minimum absolute atomic E-state index is 0.0812. The molecule has 0 aliphatic carbocycles. The predicted octanol–water partition coefficient (Wildman–Crippen LogP) is 3.30. The van der Waals surface area contributed by atoms with Crippen molar-refractivity contribution in [3.05, 3.63) is 101 Å². The van der Waals surface area contributed by atoms with Crippen LogP contribution < -0.4 is 31.3 Å². The molecule has 0 bridgehead atoms. The van der Waals surface area contributed by atoms with Crippen molar-refractivity contribution < 1.29 is 27.6 Å². The molecule has 270 valence electrons. The summed E-state index contributed by atoms with van der Waals surface area (Å²) in [6.07, 6.45) is 2.59. The average molecular weight is 707 g/mol. The Labute approximate surface area is 295 Å². The van der Waals surface area contributed by atoms with E-state index in [9.17, 15) is 27.6 Å². The van der Waals surface area contributed by atoms with Gasteiger partial charge in [0, 0.05) is 30.8 Å². The van der Waals surface area contributed by atoms with Crippen LogP contribution in [0, 0.1) is 5.92 Å². The van der Waals surface area contributed by atoms with Crippen LogP contribution >= 0.6 is 0 Å². The number of nitrogens with two attached hydrogens (primary N) is 1. The molecule has 0 heterocycles. The first kappa shape index (κ1) is 39.7. The predicted molar refractivity (Wildman–Crippen MR) is 196 cm³/mol. The van der Waals surface area contributed by atoms with Gasteiger partial charge in [-0.3, -0.25) is 23.5 Å². The quantitative estimate of drug-likeness (QED) is 0.135. The third-order valence-electron chi connectivity index (χ3n) is 8.39. The summed E-state index contributed by atoms with van der Waals surface area (Å²) >= 11 is 0. The van der Waals surface area contributed by atoms with E-state index < -0.39 is 45.9 Å². The van der Waals surface area contributed by atoms with E-state index in [0.29, 0.717) is 19.3 Å². The van der Waals surface area contributed by atoms with Gasteiger partial charge >= 0.3 is 0 Å². The fourth-order valence-electron chi connectivity index (χ4n) is 5.41. The van der Waals surface area contributed by atoms with Crippen LogP contribution in [-0.2, 0) is 26.0 Å². The van der Waals surface area contributed by atoms with E-state index in [4.69, 9.17) is 5.73 Å². The van der Waals surface area contributed by atoms with Crippen molar-refractivity contribution in [2.75, 3.05) is 24.2 Å². The number of amides is 4. The third-order valence-corrected chi connectivity index (χ3v) is 9.59. The van der Waals surface area contributed by atoms with Crippen molar-refractivity contribution in [3.8, 4) is 0 Å². The zero-order valence-corrected chi connectivity index (χ0v) is 30.4. The van der Waals surface area contributed by atoms with E-state index in [1.807, 2.05) is 74.5 Å². The van der Waals surface area contributed by atoms with Crippen molar-refractivity contribution >= 4 is 39.3 Å². The van der Waals surface area contributed by atoms with Gasteiger partial charge in [-0.15, -0.1) is 0 Å². The Bertz CT molecular complexity index is 1720. The Morgan fingerprint density at radius 2 is 1.38 bits per heavy atom. The number of rotatable bonds is 18. The number of anilines is 1. The normalized spacial score (nSPS) is 13.8. The highest BCUT2D eigenvalue weighted by Crippen LogP contribution is 2.22. The summed E-state index contributed by atoms with van der Waals surface area (Å²) in [6.45, 7) is 7.55. The van der Waals surface area contributed by atoms with Crippen LogP contribution in [0.5, 0.6) is 0 Å². The van der Waals surface area contributed by atoms with E-state index in [2.05, 4.69) is 21.3 Å². The zero-order valence-electron chi connectivity index (χ0n) is 29.6. The lowest BCUT2D eigenvalue weighted by Gasteiger charge is -2.26. The van der Waals surface area contributed by atoms with Gasteiger partial charge in [-0.1, -0.05) is 87.9 Å². The number of carbonyl (C=O) groups is 4. The summed E-state index contributed by atoms with van der Waals surface area (Å²) in [5, 5.41) is 12.0. The summed E-state index contributed by atoms with van der Waals surface area (Å²) in [7, 11) is -2.38. The summed E-state index contributed by atoms with van der Waals surface area (Å²) < 4.78 is 26.0. The molecular formula is C37H50N6O6S. The van der Waals surface area contributed by atoms with Gasteiger partial charge in [-0.05, 0) is 55.0 Å². The number of sulfonamides is 1. The Morgan fingerprint density at radius 3 is 1.90 bits per heavy atom. The van der Waals surface area contributed by atoms with Crippen LogP contribution in [0.2, 0.25) is 0 Å². The summed E-state index contributed by atoms with van der Waals surface area (Å²) in [5.41, 5.74) is 7.67. The van der Waals surface area contributed by atoms with Crippen LogP contribution in [0.15, 0.2) is 78.9 Å². The van der Waals surface area contributed by atoms with Gasteiger partial charge in [0.25, 0.3) is 11.8 Å². The van der Waals surface area contributed by atoms with Crippen LogP contribution in [0.25, 0.3) is 0 Å². The lowest BCUT2D eigenvalue weighted by molar-refractivity contribution is -0.129. The molecule has 1 unspecified atom stereocenters. The second kappa shape index (κ2) is 18.3. The molecule has 0 spiro atoms. The minimum Gasteiger partial charge on any atom is -0.368 e. The topological polar surface area (TPSA) is 180 Å². The van der Waals surface area contributed by atoms with E-state index in [0.717, 1.165) is 21.7 Å². The molecule has 4 atom stereocenters. The maximum Gasteiger partial charge on any atom is 0.251 e. The number of carbonyl (C=O) groups excluding carboxylic acids is 4. The average Bonchev–Trinajstić information content (AvgIpc) is 3.08. The van der Waals surface area contributed by atoms with Gasteiger partial charge in [0.1, 0.15) is 6.04 Å². The molecule has 3 aromatic rings. The molecule has 6 N–H and O–H groups in total. The van der Waals surface area contributed by atoms with Crippen molar-refractivity contribution in [1.82, 2.24) is 21.3 Å². The second-order valence-electron chi connectivity index (χ2n) is 12.8. The van der Waals surface area contributed by atoms with Crippen molar-refractivity contribution in [3.63, 3.8) is 0 Å². The van der Waals surface area contributed by atoms with Gasteiger partial charge in [-0.25, -0.2) is 8.42 Å². The molecule has 3 aromatic carbocycles. The molecule has 0 aromatic heterocycles. The zero-order chi connectivity index (χ0) is 37.0. The van der Waals surface area contributed by atoms with Crippen LogP contribution in [-0.4, -0.2) is 70.0 Å². The number of benzene rings is 3. The summed E-state index contributed by atoms with van der Waals surface area (Å²) in [6, 6.07) is 20.8. The molecule has 3 rings (SSSR count). The molecule has 50 heavy (non-hydrogen) atoms. The maximum atomic E-state index is 13.9. The van der Waals surface area contributed by atoms with E-state index >= 15 is 0 Å². The number of nitrogens with zero attached hydrogens (tertiary/aromatic N) is 1. The van der Waals surface area contributed by atoms with Crippen molar-refractivity contribution in [2.45, 2.75) is 71.1 Å². The van der Waals surface area contributed by atoms with Gasteiger partial charge in [0.15, 0.2) is 0 Å². The van der Waals surface area contributed by atoms with Crippen molar-refractivity contribution in [2.24, 2.45) is 11.7 Å². The number of hydrogen-bond acceptors (Lipinski definition) is 7. The molecule has 12 nitrogen and oxygen atoms in total. The smallest absolute Gasteiger partial charge is 0.251 e. The molecule has 4 amide bonds. The minimum atomic E-state index is -3.73. The fourth-order valence-corrected chi connectivity index (χ4v) is 5.90. The van der Waals surface area contributed by atoms with Gasteiger partial charge in [0.2, 0.25) is 21.8 Å². The monoisotopic (exact) mass is 706 g/mol. The SMILES string of the molecule is CCCC(NC[C@H](Cc1ccccc1)NC(=O)c1cc(C(=O)N[C@H](C)c2ccccc2)cc(N(C)S(C)(=O)=O)c1)C(=O)N[C@H](C(N)=O)C(C)C. The third kappa shape index (κ3) is 11.7. The van der Waals surface area contributed by atoms with Crippen LogP contribution in [0.4, 0.5) is 5.69 Å². The first-order valence-electron chi connectivity index (χ1n) is 16.7. The Morgan fingerprint density at radius 1 is 0.820 bits per heavy atom. The van der Waals surface area contributed by atoms with E-state index in [1.54, 1.807) is 13.8 Å². The molecule has 0 radical (unpaired) electrons. The number of primary amides is 1. The Hall–Kier alpha value is -4.75. The fraction of sp³-hybridized carbons (Fsp3) is 0.405. The maximum absolute atomic E-state index is 13.9. The highest BCUT2D eigenvalue weighted by Gasteiger charge is 2.27. The van der Waals surface area contributed by atoms with Crippen LogP contribution in [0.1, 0.15) is 78.4 Å². The number of nitrogens with one attached hydrogen (secondary N) is 4. The van der Waals surface area contributed by atoms with Gasteiger partial charge < -0.3 is 27.0 Å². The summed E-state index contributed by atoms with van der Waals surface area (Å²) in [4.78, 5) is 52.6. The van der Waals surface area contributed by atoms with Crippen molar-refractivity contribution in [1.29, 1.82) is 0 Å². The first-order chi connectivity index (χ1) is 23.6. The van der Waals surface area contributed by atoms with E-state index in [1.165, 1.54) is 25.2 Å². The Balaban J connectivity index is 1.91. The Kier molecular flexibility index (Phi) is 14.5. The number of hydrogen-bond donors (Lipinski definition) is 5. The highest BCUT2D eigenvalue weighted by molar-refractivity contribution is 7.92. The molecule has 0 aliphatic heterocycles. The largest absolute Gasteiger partial charge is 0.368 e. The second-order valence-corrected chi connectivity index (χ2v) is 14.9. The first-order valence-corrected chi connectivity index (χ1v) is 18.6. The highest BCUT2D eigenvalue weighted by atomic mass is 32.2. The lowest BCUT2D eigenvalue weighted by atomic mass is 10.0. The standard InChI is InChI=1S/C37H50N6O6S/c1-7-14-32(37(47)42-33(24(2)3)34(38)44)39-23-30(19-26-15-10-8-11-16-26)41-36(46)29-20-28(21-31(22-29)43(5)50(6,48)49)35(45)40-25(4)27-17-12-9-13-18-27/h8-13,15-18,20-22,24-25,30,32-33,39H,7,14,19,23H2,1-6H3,(H2,38,44)(H,40,45)(H,41,46)(H,42,47)/t25-,30+,32?,33+/m1/s1. The molecule has 0 saturated carbocycles. The molecule has 0 aliphatic rings. The lowest BCUT2D eigenvalue weighted by Crippen LogP contribution is -2.55. The molecule has 0 fully saturated rings. The molecular weight excluding hydrogens is 657 g/mol. The molecule has 13 heteroatoms. The van der Waals surface area contributed by atoms with Crippen LogP contribution in [0.3, 0.4) is 0 Å². The molecule has 0 saturated heterocycles. The van der Waals surface area contributed by atoms with Gasteiger partial charge in [-0.2, -0.15) is 0 Å².